The zero-order valence-corrected chi connectivity index (χ0v) is 15.0. The molecule has 0 aromatic heterocycles. The molecule has 0 unspecified atom stereocenters. The van der Waals surface area contributed by atoms with E-state index >= 15 is 0 Å². The van der Waals surface area contributed by atoms with Crippen LogP contribution >= 0.6 is 0 Å². The summed E-state index contributed by atoms with van der Waals surface area (Å²) in [5.74, 6) is 0.0579. The summed E-state index contributed by atoms with van der Waals surface area (Å²) in [6, 6.07) is 8.13. The molecule has 6 heteroatoms. The van der Waals surface area contributed by atoms with Crippen molar-refractivity contribution in [1.82, 2.24) is 4.90 Å². The maximum atomic E-state index is 12.0. The Morgan fingerprint density at radius 1 is 1.08 bits per heavy atom. The fourth-order valence-electron chi connectivity index (χ4n) is 2.88. The molecule has 1 aromatic carbocycles. The molecule has 0 saturated carbocycles. The Hall–Kier alpha value is -1.37. The van der Waals surface area contributed by atoms with E-state index in [-0.39, 0.29) is 30.8 Å². The minimum Gasteiger partial charge on any atom is -0.399 e. The van der Waals surface area contributed by atoms with Gasteiger partial charge >= 0.3 is 7.12 Å². The highest BCUT2D eigenvalue weighted by Gasteiger charge is 2.51. The zero-order chi connectivity index (χ0) is 17.4. The van der Waals surface area contributed by atoms with Gasteiger partial charge in [-0.1, -0.05) is 24.3 Å². The molecule has 0 aliphatic carbocycles. The second-order valence-electron chi connectivity index (χ2n) is 7.55. The molecule has 2 heterocycles. The average molecular weight is 331 g/mol. The number of hydrogen-bond donors (Lipinski definition) is 0. The first-order valence-corrected chi connectivity index (χ1v) is 8.58. The van der Waals surface area contributed by atoms with Crippen molar-refractivity contribution in [3.8, 4) is 0 Å². The van der Waals surface area contributed by atoms with Crippen LogP contribution in [0.4, 0.5) is 0 Å². The minimum atomic E-state index is -0.350. The molecule has 0 bridgehead atoms. The molecule has 130 valence electrons. The first-order chi connectivity index (χ1) is 11.3. The number of rotatable bonds is 3. The van der Waals surface area contributed by atoms with Crippen molar-refractivity contribution >= 4 is 18.5 Å². The summed E-state index contributed by atoms with van der Waals surface area (Å²) in [6.07, 6.45) is 0.887. The third-order valence-corrected chi connectivity index (χ3v) is 5.17. The Bertz CT molecular complexity index is 584. The predicted octanol–water partition coefficient (Wildman–Crippen LogP) is 1.73. The summed E-state index contributed by atoms with van der Waals surface area (Å²) >= 11 is 0. The lowest BCUT2D eigenvalue weighted by Gasteiger charge is -2.32. The molecular formula is C18H26BNO4. The predicted molar refractivity (Wildman–Crippen MR) is 93.0 cm³/mol. The van der Waals surface area contributed by atoms with Gasteiger partial charge in [-0.25, -0.2) is 0 Å². The molecule has 1 aromatic rings. The summed E-state index contributed by atoms with van der Waals surface area (Å²) < 4.78 is 17.4. The molecule has 24 heavy (non-hydrogen) atoms. The van der Waals surface area contributed by atoms with Crippen molar-refractivity contribution in [3.63, 3.8) is 0 Å². The highest BCUT2D eigenvalue weighted by Crippen LogP contribution is 2.36. The second-order valence-corrected chi connectivity index (χ2v) is 7.55. The fraction of sp³-hybridized carbons (Fsp3) is 0.611. The van der Waals surface area contributed by atoms with Gasteiger partial charge in [-0.05, 0) is 45.1 Å². The molecule has 3 rings (SSSR count). The van der Waals surface area contributed by atoms with Crippen LogP contribution in [0.5, 0.6) is 0 Å². The summed E-state index contributed by atoms with van der Waals surface area (Å²) in [4.78, 5) is 13.9. The van der Waals surface area contributed by atoms with Crippen LogP contribution in [-0.2, 0) is 25.4 Å². The molecule has 5 nitrogen and oxygen atoms in total. The van der Waals surface area contributed by atoms with Crippen LogP contribution in [0.1, 0.15) is 39.7 Å². The van der Waals surface area contributed by atoms with Gasteiger partial charge in [0.15, 0.2) is 0 Å². The molecule has 2 aliphatic rings. The molecule has 0 atom stereocenters. The van der Waals surface area contributed by atoms with E-state index in [4.69, 9.17) is 14.0 Å². The van der Waals surface area contributed by atoms with Crippen LogP contribution in [0.3, 0.4) is 0 Å². The topological polar surface area (TPSA) is 48.0 Å². The number of carbonyl (C=O) groups is 1. The van der Waals surface area contributed by atoms with Crippen LogP contribution in [0.15, 0.2) is 24.3 Å². The number of benzene rings is 1. The smallest absolute Gasteiger partial charge is 0.399 e. The lowest BCUT2D eigenvalue weighted by Crippen LogP contribution is -2.41. The molecule has 0 spiro atoms. The first-order valence-electron chi connectivity index (χ1n) is 8.58. The van der Waals surface area contributed by atoms with Crippen molar-refractivity contribution in [2.24, 2.45) is 0 Å². The normalized spacial score (nSPS) is 23.4. The Kier molecular flexibility index (Phi) is 4.73. The van der Waals surface area contributed by atoms with Gasteiger partial charge in [0.25, 0.3) is 0 Å². The SMILES string of the molecule is CC1(C)OB(c2ccc(CN3CCCOCC3=O)cc2)OC1(C)C. The van der Waals surface area contributed by atoms with Gasteiger partial charge in [-0.3, -0.25) is 4.79 Å². The summed E-state index contributed by atoms with van der Waals surface area (Å²) in [7, 11) is -0.350. The number of ether oxygens (including phenoxy) is 1. The average Bonchev–Trinajstić information content (AvgIpc) is 2.65. The quantitative estimate of drug-likeness (QED) is 0.792. The standard InChI is InChI=1S/C18H26BNO4/c1-17(2)18(3,4)24-19(23-17)15-8-6-14(7-9-15)12-20-10-5-11-22-13-16(20)21/h6-9H,5,10-13H2,1-4H3. The monoisotopic (exact) mass is 331 g/mol. The van der Waals surface area contributed by atoms with E-state index in [2.05, 4.69) is 0 Å². The van der Waals surface area contributed by atoms with Crippen molar-refractivity contribution in [2.45, 2.75) is 51.9 Å². The van der Waals surface area contributed by atoms with E-state index in [0.717, 1.165) is 24.0 Å². The van der Waals surface area contributed by atoms with Gasteiger partial charge in [-0.2, -0.15) is 0 Å². The Morgan fingerprint density at radius 2 is 1.71 bits per heavy atom. The third-order valence-electron chi connectivity index (χ3n) is 5.17. The van der Waals surface area contributed by atoms with E-state index in [1.165, 1.54) is 0 Å². The number of nitrogens with zero attached hydrogens (tertiary/aromatic N) is 1. The van der Waals surface area contributed by atoms with E-state index in [1.807, 2.05) is 56.9 Å². The maximum Gasteiger partial charge on any atom is 0.494 e. The molecule has 0 radical (unpaired) electrons. The molecule has 2 saturated heterocycles. The molecule has 2 aliphatic heterocycles. The summed E-state index contributed by atoms with van der Waals surface area (Å²) in [5.41, 5.74) is 1.43. The van der Waals surface area contributed by atoms with Crippen LogP contribution in [0, 0.1) is 0 Å². The van der Waals surface area contributed by atoms with Gasteiger partial charge < -0.3 is 18.9 Å². The van der Waals surface area contributed by atoms with Crippen molar-refractivity contribution < 1.29 is 18.8 Å². The van der Waals surface area contributed by atoms with E-state index in [1.54, 1.807) is 0 Å². The summed E-state index contributed by atoms with van der Waals surface area (Å²) in [6.45, 7) is 10.4. The highest BCUT2D eigenvalue weighted by atomic mass is 16.7. The maximum absolute atomic E-state index is 12.0. The number of hydrogen-bond acceptors (Lipinski definition) is 4. The Morgan fingerprint density at radius 3 is 2.33 bits per heavy atom. The van der Waals surface area contributed by atoms with Crippen molar-refractivity contribution in [3.05, 3.63) is 29.8 Å². The molecule has 2 fully saturated rings. The van der Waals surface area contributed by atoms with E-state index < -0.39 is 0 Å². The van der Waals surface area contributed by atoms with Crippen molar-refractivity contribution in [2.75, 3.05) is 19.8 Å². The fourth-order valence-corrected chi connectivity index (χ4v) is 2.88. The van der Waals surface area contributed by atoms with Gasteiger partial charge in [0.2, 0.25) is 5.91 Å². The Labute approximate surface area is 144 Å². The zero-order valence-electron chi connectivity index (χ0n) is 15.0. The Balaban J connectivity index is 1.67. The van der Waals surface area contributed by atoms with Crippen LogP contribution < -0.4 is 5.46 Å². The van der Waals surface area contributed by atoms with Crippen LogP contribution in [-0.4, -0.2) is 48.9 Å². The van der Waals surface area contributed by atoms with Crippen molar-refractivity contribution in [1.29, 1.82) is 0 Å². The van der Waals surface area contributed by atoms with Gasteiger partial charge in [0.05, 0.1) is 11.2 Å². The molecule has 0 N–H and O–H groups in total. The highest BCUT2D eigenvalue weighted by molar-refractivity contribution is 6.62. The van der Waals surface area contributed by atoms with Crippen LogP contribution in [0.2, 0.25) is 0 Å². The van der Waals surface area contributed by atoms with Gasteiger partial charge in [0.1, 0.15) is 6.61 Å². The third kappa shape index (κ3) is 3.51. The molecule has 1 amide bonds. The molecular weight excluding hydrogens is 305 g/mol. The van der Waals surface area contributed by atoms with E-state index in [9.17, 15) is 4.79 Å². The number of carbonyl (C=O) groups excluding carboxylic acids is 1. The largest absolute Gasteiger partial charge is 0.494 e. The lowest BCUT2D eigenvalue weighted by molar-refractivity contribution is -0.134. The summed E-state index contributed by atoms with van der Waals surface area (Å²) in [5, 5.41) is 0. The first kappa shape index (κ1) is 17.5. The second kappa shape index (κ2) is 6.50. The minimum absolute atomic E-state index is 0.0579. The van der Waals surface area contributed by atoms with Gasteiger partial charge in [0, 0.05) is 19.7 Å². The van der Waals surface area contributed by atoms with E-state index in [0.29, 0.717) is 13.2 Å². The number of amides is 1. The van der Waals surface area contributed by atoms with Gasteiger partial charge in [-0.15, -0.1) is 0 Å². The van der Waals surface area contributed by atoms with Crippen LogP contribution in [0.25, 0.3) is 0 Å². The lowest BCUT2D eigenvalue weighted by atomic mass is 9.79.